The van der Waals surface area contributed by atoms with E-state index in [9.17, 15) is 0 Å². The predicted molar refractivity (Wildman–Crippen MR) is 196 cm³/mol. The number of rotatable bonds is 3. The van der Waals surface area contributed by atoms with Gasteiger partial charge in [-0.3, -0.25) is 0 Å². The van der Waals surface area contributed by atoms with Crippen LogP contribution in [0.5, 0.6) is 0 Å². The highest BCUT2D eigenvalue weighted by Crippen LogP contribution is 2.42. The molecule has 0 saturated heterocycles. The summed E-state index contributed by atoms with van der Waals surface area (Å²) in [5, 5.41) is 7.65. The van der Waals surface area contributed by atoms with Crippen LogP contribution in [0.15, 0.2) is 150 Å². The third kappa shape index (κ3) is 3.91. The molecule has 10 aromatic rings. The smallest absolute Gasteiger partial charge is 0.136 e. The Morgan fingerprint density at radius 1 is 0.333 bits per heavy atom. The molecule has 45 heavy (non-hydrogen) atoms. The van der Waals surface area contributed by atoms with Gasteiger partial charge in [0, 0.05) is 51.1 Å². The van der Waals surface area contributed by atoms with Gasteiger partial charge >= 0.3 is 0 Å². The van der Waals surface area contributed by atoms with Crippen LogP contribution in [-0.2, 0) is 0 Å². The third-order valence-electron chi connectivity index (χ3n) is 9.09. The predicted octanol–water partition coefficient (Wildman–Crippen LogP) is 13.3. The van der Waals surface area contributed by atoms with E-state index in [1.807, 2.05) is 34.8 Å². The van der Waals surface area contributed by atoms with Crippen molar-refractivity contribution in [1.29, 1.82) is 0 Å². The Labute approximate surface area is 267 Å². The molecule has 0 spiro atoms. The molecular weight excluding hydrogens is 585 g/mol. The lowest BCUT2D eigenvalue weighted by molar-refractivity contribution is 0.669. The highest BCUT2D eigenvalue weighted by molar-refractivity contribution is 7.26. The zero-order valence-corrected chi connectivity index (χ0v) is 25.7. The number of benzene rings is 7. The Kier molecular flexibility index (Phi) is 5.39. The SMILES string of the molecule is c1cc(-c2ccc3c(c2)sc2cc(-c4ccc5sc6ccccc6c5c4)ccc23)cc(-c2cccc3oc4ccccc4c23)c1. The summed E-state index contributed by atoms with van der Waals surface area (Å²) in [7, 11) is 0. The van der Waals surface area contributed by atoms with Crippen molar-refractivity contribution in [3.8, 4) is 33.4 Å². The van der Waals surface area contributed by atoms with Crippen LogP contribution in [0, 0.1) is 0 Å². The molecule has 10 rings (SSSR count). The third-order valence-corrected chi connectivity index (χ3v) is 11.4. The molecular formula is C42H24OS2. The van der Waals surface area contributed by atoms with Crippen LogP contribution in [-0.4, -0.2) is 0 Å². The standard InChI is InChI=1S/C42H24OS2/c1-3-12-36-34(10-1)42-30(11-6-13-37(42)43-36)29-8-5-7-25(21-29)27-15-18-32-33-19-16-28(24-41(33)45-40(32)23-27)26-17-20-39-35(22-26)31-9-2-4-14-38(31)44-39/h1-24H. The summed E-state index contributed by atoms with van der Waals surface area (Å²) in [6, 6.07) is 53.0. The maximum absolute atomic E-state index is 6.18. The summed E-state index contributed by atoms with van der Waals surface area (Å²) in [5.74, 6) is 0. The van der Waals surface area contributed by atoms with Crippen LogP contribution < -0.4 is 0 Å². The number of furan rings is 1. The fourth-order valence-corrected chi connectivity index (χ4v) is 9.19. The summed E-state index contributed by atoms with van der Waals surface area (Å²) in [5.41, 5.74) is 9.22. The van der Waals surface area contributed by atoms with E-state index in [2.05, 4.69) is 133 Å². The lowest BCUT2D eigenvalue weighted by Crippen LogP contribution is -1.83. The van der Waals surface area contributed by atoms with E-state index >= 15 is 0 Å². The van der Waals surface area contributed by atoms with Gasteiger partial charge in [-0.1, -0.05) is 97.1 Å². The molecule has 3 heterocycles. The van der Waals surface area contributed by atoms with Crippen molar-refractivity contribution in [3.63, 3.8) is 0 Å². The van der Waals surface area contributed by atoms with E-state index in [4.69, 9.17) is 4.42 Å². The van der Waals surface area contributed by atoms with Crippen LogP contribution in [0.1, 0.15) is 0 Å². The van der Waals surface area contributed by atoms with Gasteiger partial charge in [-0.25, -0.2) is 0 Å². The number of hydrogen-bond donors (Lipinski definition) is 0. The summed E-state index contributed by atoms with van der Waals surface area (Å²) >= 11 is 3.75. The second-order valence-corrected chi connectivity index (χ2v) is 13.9. The number of fused-ring (bicyclic) bond motifs is 9. The molecule has 0 unspecified atom stereocenters. The molecule has 0 atom stereocenters. The lowest BCUT2D eigenvalue weighted by Gasteiger charge is -2.08. The van der Waals surface area contributed by atoms with E-state index in [0.29, 0.717) is 0 Å². The normalized spacial score (nSPS) is 12.0. The maximum Gasteiger partial charge on any atom is 0.136 e. The van der Waals surface area contributed by atoms with Crippen LogP contribution in [0.4, 0.5) is 0 Å². The van der Waals surface area contributed by atoms with Gasteiger partial charge in [0.05, 0.1) is 0 Å². The van der Waals surface area contributed by atoms with Crippen molar-refractivity contribution in [1.82, 2.24) is 0 Å². The average molecular weight is 609 g/mol. The molecule has 0 amide bonds. The highest BCUT2D eigenvalue weighted by atomic mass is 32.1. The van der Waals surface area contributed by atoms with Gasteiger partial charge in [-0.05, 0) is 81.9 Å². The monoisotopic (exact) mass is 608 g/mol. The summed E-state index contributed by atoms with van der Waals surface area (Å²) in [6.45, 7) is 0. The molecule has 0 bridgehead atoms. The Morgan fingerprint density at radius 3 is 1.76 bits per heavy atom. The Balaban J connectivity index is 1.05. The summed E-state index contributed by atoms with van der Waals surface area (Å²) < 4.78 is 11.5. The van der Waals surface area contributed by atoms with Crippen molar-refractivity contribution < 1.29 is 4.42 Å². The van der Waals surface area contributed by atoms with Crippen molar-refractivity contribution >= 4 is 85.0 Å². The second-order valence-electron chi connectivity index (χ2n) is 11.7. The van der Waals surface area contributed by atoms with Crippen molar-refractivity contribution in [3.05, 3.63) is 146 Å². The molecule has 0 N–H and O–H groups in total. The Morgan fingerprint density at radius 2 is 0.911 bits per heavy atom. The molecule has 3 aromatic heterocycles. The summed E-state index contributed by atoms with van der Waals surface area (Å²) in [4.78, 5) is 0. The van der Waals surface area contributed by atoms with Crippen LogP contribution in [0.25, 0.3) is 95.7 Å². The minimum Gasteiger partial charge on any atom is -0.456 e. The molecule has 0 aliphatic carbocycles. The first-order chi connectivity index (χ1) is 22.3. The van der Waals surface area contributed by atoms with E-state index in [1.165, 1.54) is 79.1 Å². The zero-order chi connectivity index (χ0) is 29.5. The van der Waals surface area contributed by atoms with E-state index < -0.39 is 0 Å². The van der Waals surface area contributed by atoms with E-state index in [0.717, 1.165) is 16.6 Å². The van der Waals surface area contributed by atoms with Gasteiger partial charge in [-0.2, -0.15) is 0 Å². The van der Waals surface area contributed by atoms with Crippen molar-refractivity contribution in [2.75, 3.05) is 0 Å². The first-order valence-corrected chi connectivity index (χ1v) is 16.8. The first kappa shape index (κ1) is 25.1. The van der Waals surface area contributed by atoms with Crippen LogP contribution >= 0.6 is 22.7 Å². The fourth-order valence-electron chi connectivity index (χ4n) is 6.92. The Hall–Kier alpha value is -5.22. The van der Waals surface area contributed by atoms with E-state index in [1.54, 1.807) is 0 Å². The maximum atomic E-state index is 6.18. The van der Waals surface area contributed by atoms with Crippen LogP contribution in [0.3, 0.4) is 0 Å². The molecule has 0 aliphatic heterocycles. The van der Waals surface area contributed by atoms with Crippen LogP contribution in [0.2, 0.25) is 0 Å². The van der Waals surface area contributed by atoms with Gasteiger partial charge in [-0.15, -0.1) is 22.7 Å². The number of thiophene rings is 2. The van der Waals surface area contributed by atoms with Crippen molar-refractivity contribution in [2.45, 2.75) is 0 Å². The minimum atomic E-state index is 0.925. The second kappa shape index (κ2) is 9.64. The molecule has 7 aromatic carbocycles. The molecule has 0 aliphatic rings. The van der Waals surface area contributed by atoms with Gasteiger partial charge in [0.2, 0.25) is 0 Å². The zero-order valence-electron chi connectivity index (χ0n) is 24.1. The van der Waals surface area contributed by atoms with Gasteiger partial charge < -0.3 is 4.42 Å². The van der Waals surface area contributed by atoms with E-state index in [-0.39, 0.29) is 0 Å². The fraction of sp³-hybridized carbons (Fsp3) is 0. The summed E-state index contributed by atoms with van der Waals surface area (Å²) in [6.07, 6.45) is 0. The lowest BCUT2D eigenvalue weighted by atomic mass is 9.95. The minimum absolute atomic E-state index is 0.925. The first-order valence-electron chi connectivity index (χ1n) is 15.2. The number of para-hydroxylation sites is 1. The number of hydrogen-bond acceptors (Lipinski definition) is 3. The van der Waals surface area contributed by atoms with Gasteiger partial charge in [0.1, 0.15) is 11.2 Å². The largest absolute Gasteiger partial charge is 0.456 e. The molecule has 0 fully saturated rings. The highest BCUT2D eigenvalue weighted by Gasteiger charge is 2.14. The molecule has 0 radical (unpaired) electrons. The van der Waals surface area contributed by atoms with Gasteiger partial charge in [0.15, 0.2) is 0 Å². The molecule has 1 nitrogen and oxygen atoms in total. The van der Waals surface area contributed by atoms with Gasteiger partial charge in [0.25, 0.3) is 0 Å². The quantitative estimate of drug-likeness (QED) is 0.194. The van der Waals surface area contributed by atoms with Crippen molar-refractivity contribution in [2.24, 2.45) is 0 Å². The molecule has 0 saturated carbocycles. The average Bonchev–Trinajstić information content (AvgIpc) is 3.78. The molecule has 3 heteroatoms. The topological polar surface area (TPSA) is 13.1 Å². The Bertz CT molecular complexity index is 2770. The molecule has 210 valence electrons.